The van der Waals surface area contributed by atoms with E-state index in [9.17, 15) is 4.79 Å². The van der Waals surface area contributed by atoms with Gasteiger partial charge < -0.3 is 19.0 Å². The molecule has 1 saturated carbocycles. The van der Waals surface area contributed by atoms with Gasteiger partial charge in [0.1, 0.15) is 5.76 Å². The molecular formula is C14H20O5. The van der Waals surface area contributed by atoms with E-state index in [1.807, 2.05) is 0 Å². The van der Waals surface area contributed by atoms with Gasteiger partial charge in [-0.25, -0.2) is 4.79 Å². The minimum atomic E-state index is -1.05. The number of carboxylic acids is 1. The number of aryl methyl sites for hydroxylation is 1. The molecule has 0 aromatic carbocycles. The average molecular weight is 268 g/mol. The normalized spacial score (nSPS) is 23.5. The lowest BCUT2D eigenvalue weighted by Gasteiger charge is -2.28. The van der Waals surface area contributed by atoms with Crippen LogP contribution in [0.3, 0.4) is 0 Å². The number of aromatic carboxylic acids is 1. The minimum absolute atomic E-state index is 0.0329. The molecule has 19 heavy (non-hydrogen) atoms. The van der Waals surface area contributed by atoms with Crippen LogP contribution < -0.4 is 0 Å². The molecule has 0 radical (unpaired) electrons. The number of ether oxygens (including phenoxy) is 2. The number of carbonyl (C=O) groups is 1. The van der Waals surface area contributed by atoms with E-state index < -0.39 is 5.97 Å². The van der Waals surface area contributed by atoms with Crippen molar-refractivity contribution in [2.75, 3.05) is 7.11 Å². The molecule has 0 aliphatic heterocycles. The van der Waals surface area contributed by atoms with E-state index >= 15 is 0 Å². The molecular weight excluding hydrogens is 248 g/mol. The Morgan fingerprint density at radius 1 is 1.47 bits per heavy atom. The summed E-state index contributed by atoms with van der Waals surface area (Å²) in [6.07, 6.45) is 4.58. The van der Waals surface area contributed by atoms with Gasteiger partial charge in [-0.05, 0) is 38.7 Å². The van der Waals surface area contributed by atoms with E-state index in [1.165, 1.54) is 6.07 Å². The highest BCUT2D eigenvalue weighted by atomic mass is 16.5. The highest BCUT2D eigenvalue weighted by Crippen LogP contribution is 2.25. The zero-order valence-corrected chi connectivity index (χ0v) is 11.3. The molecule has 5 heteroatoms. The second-order valence-electron chi connectivity index (χ2n) is 4.95. The smallest absolute Gasteiger partial charge is 0.371 e. The fourth-order valence-electron chi connectivity index (χ4n) is 2.44. The third-order valence-corrected chi connectivity index (χ3v) is 3.62. The van der Waals surface area contributed by atoms with Gasteiger partial charge in [0.25, 0.3) is 0 Å². The van der Waals surface area contributed by atoms with Crippen molar-refractivity contribution >= 4 is 5.97 Å². The van der Waals surface area contributed by atoms with E-state index in [4.69, 9.17) is 19.0 Å². The molecule has 0 bridgehead atoms. The van der Waals surface area contributed by atoms with Crippen molar-refractivity contribution in [2.24, 2.45) is 0 Å². The molecule has 5 nitrogen and oxygen atoms in total. The first-order valence-electron chi connectivity index (χ1n) is 6.57. The average Bonchev–Trinajstić information content (AvgIpc) is 2.78. The standard InChI is InChI=1S/C14H20O5/c1-9-10(6-13(19-9)14(15)16)8-18-12-5-3-4-11(7-12)17-2/h6,11-12H,3-5,7-8H2,1-2H3,(H,15,16). The van der Waals surface area contributed by atoms with Crippen LogP contribution in [0.15, 0.2) is 10.5 Å². The molecule has 1 aromatic heterocycles. The van der Waals surface area contributed by atoms with Crippen molar-refractivity contribution in [3.63, 3.8) is 0 Å². The Labute approximate surface area is 112 Å². The van der Waals surface area contributed by atoms with Crippen LogP contribution in [0.5, 0.6) is 0 Å². The first kappa shape index (κ1) is 14.1. The first-order valence-corrected chi connectivity index (χ1v) is 6.57. The largest absolute Gasteiger partial charge is 0.475 e. The summed E-state index contributed by atoms with van der Waals surface area (Å²) in [6.45, 7) is 2.15. The van der Waals surface area contributed by atoms with Gasteiger partial charge in [0.2, 0.25) is 5.76 Å². The third-order valence-electron chi connectivity index (χ3n) is 3.62. The van der Waals surface area contributed by atoms with E-state index in [-0.39, 0.29) is 18.0 Å². The summed E-state index contributed by atoms with van der Waals surface area (Å²) in [5, 5.41) is 8.86. The molecule has 2 atom stereocenters. The summed E-state index contributed by atoms with van der Waals surface area (Å²) in [6, 6.07) is 1.54. The molecule has 1 heterocycles. The minimum Gasteiger partial charge on any atom is -0.475 e. The molecule has 0 saturated heterocycles. The van der Waals surface area contributed by atoms with Crippen LogP contribution in [0.2, 0.25) is 0 Å². The summed E-state index contributed by atoms with van der Waals surface area (Å²) in [7, 11) is 1.73. The predicted molar refractivity (Wildman–Crippen MR) is 68.2 cm³/mol. The molecule has 2 rings (SSSR count). The van der Waals surface area contributed by atoms with Gasteiger partial charge >= 0.3 is 5.97 Å². The highest BCUT2D eigenvalue weighted by molar-refractivity contribution is 5.84. The zero-order valence-electron chi connectivity index (χ0n) is 11.3. The fourth-order valence-corrected chi connectivity index (χ4v) is 2.44. The van der Waals surface area contributed by atoms with Gasteiger partial charge in [-0.3, -0.25) is 0 Å². The lowest BCUT2D eigenvalue weighted by atomic mass is 9.95. The van der Waals surface area contributed by atoms with Gasteiger partial charge in [0.15, 0.2) is 0 Å². The Morgan fingerprint density at radius 2 is 2.21 bits per heavy atom. The number of hydrogen-bond donors (Lipinski definition) is 1. The van der Waals surface area contributed by atoms with Crippen molar-refractivity contribution < 1.29 is 23.8 Å². The summed E-state index contributed by atoms with van der Waals surface area (Å²) in [5.41, 5.74) is 0.803. The van der Waals surface area contributed by atoms with Crippen LogP contribution >= 0.6 is 0 Å². The quantitative estimate of drug-likeness (QED) is 0.889. The van der Waals surface area contributed by atoms with Crippen LogP contribution in [-0.2, 0) is 16.1 Å². The maximum atomic E-state index is 10.8. The van der Waals surface area contributed by atoms with Gasteiger partial charge in [-0.1, -0.05) is 0 Å². The predicted octanol–water partition coefficient (Wildman–Crippen LogP) is 2.76. The van der Waals surface area contributed by atoms with Crippen molar-refractivity contribution in [3.05, 3.63) is 23.2 Å². The van der Waals surface area contributed by atoms with Crippen LogP contribution in [0.25, 0.3) is 0 Å². The van der Waals surface area contributed by atoms with Crippen molar-refractivity contribution in [3.8, 4) is 0 Å². The molecule has 1 aromatic rings. The van der Waals surface area contributed by atoms with Crippen LogP contribution in [0.1, 0.15) is 47.6 Å². The zero-order chi connectivity index (χ0) is 13.8. The van der Waals surface area contributed by atoms with E-state index in [1.54, 1.807) is 14.0 Å². The van der Waals surface area contributed by atoms with Crippen molar-refractivity contribution in [1.29, 1.82) is 0 Å². The Morgan fingerprint density at radius 3 is 2.84 bits per heavy atom. The molecule has 1 aliphatic carbocycles. The second-order valence-corrected chi connectivity index (χ2v) is 4.95. The molecule has 2 unspecified atom stereocenters. The maximum Gasteiger partial charge on any atom is 0.371 e. The van der Waals surface area contributed by atoms with Crippen LogP contribution in [-0.4, -0.2) is 30.4 Å². The Bertz CT molecular complexity index is 437. The van der Waals surface area contributed by atoms with E-state index in [0.29, 0.717) is 12.4 Å². The summed E-state index contributed by atoms with van der Waals surface area (Å²) in [5.74, 6) is -0.475. The third kappa shape index (κ3) is 3.58. The Balaban J connectivity index is 1.89. The molecule has 0 amide bonds. The summed E-state index contributed by atoms with van der Waals surface area (Å²) in [4.78, 5) is 10.8. The topological polar surface area (TPSA) is 68.9 Å². The molecule has 106 valence electrons. The number of hydrogen-bond acceptors (Lipinski definition) is 4. The Kier molecular flexibility index (Phi) is 4.61. The van der Waals surface area contributed by atoms with Crippen LogP contribution in [0.4, 0.5) is 0 Å². The van der Waals surface area contributed by atoms with Crippen molar-refractivity contribution in [2.45, 2.75) is 51.4 Å². The number of methoxy groups -OCH3 is 1. The lowest BCUT2D eigenvalue weighted by molar-refractivity contribution is -0.0365. The fraction of sp³-hybridized carbons (Fsp3) is 0.643. The molecule has 1 N–H and O–H groups in total. The molecule has 1 aliphatic rings. The van der Waals surface area contributed by atoms with Gasteiger partial charge in [0, 0.05) is 12.7 Å². The summed E-state index contributed by atoms with van der Waals surface area (Å²) < 4.78 is 16.4. The molecule has 0 spiro atoms. The number of rotatable bonds is 5. The number of carboxylic acid groups (broad SMARTS) is 1. The Hall–Kier alpha value is -1.33. The van der Waals surface area contributed by atoms with Gasteiger partial charge in [-0.15, -0.1) is 0 Å². The van der Waals surface area contributed by atoms with E-state index in [2.05, 4.69) is 0 Å². The first-order chi connectivity index (χ1) is 9.10. The van der Waals surface area contributed by atoms with Crippen LogP contribution in [0, 0.1) is 6.92 Å². The monoisotopic (exact) mass is 268 g/mol. The number of furan rings is 1. The van der Waals surface area contributed by atoms with Gasteiger partial charge in [-0.2, -0.15) is 0 Å². The second kappa shape index (κ2) is 6.21. The SMILES string of the molecule is COC1CCCC(OCc2cc(C(=O)O)oc2C)C1. The summed E-state index contributed by atoms with van der Waals surface area (Å²) >= 11 is 0. The van der Waals surface area contributed by atoms with Gasteiger partial charge in [0.05, 0.1) is 18.8 Å². The van der Waals surface area contributed by atoms with Crippen molar-refractivity contribution in [1.82, 2.24) is 0 Å². The highest BCUT2D eigenvalue weighted by Gasteiger charge is 2.23. The molecule has 1 fully saturated rings. The lowest BCUT2D eigenvalue weighted by Crippen LogP contribution is -2.27. The maximum absolute atomic E-state index is 10.8. The van der Waals surface area contributed by atoms with E-state index in [0.717, 1.165) is 31.2 Å².